The average molecular weight is 888 g/mol. The third kappa shape index (κ3) is 29.7. The molecule has 0 aliphatic rings. The van der Waals surface area contributed by atoms with Crippen LogP contribution in [0.1, 0.15) is 90.6 Å². The van der Waals surface area contributed by atoms with Crippen molar-refractivity contribution in [3.8, 4) is 0 Å². The van der Waals surface area contributed by atoms with E-state index >= 15 is 0 Å². The predicted octanol–water partition coefficient (Wildman–Crippen LogP) is 3.56. The lowest BCUT2D eigenvalue weighted by molar-refractivity contribution is -0.142. The molecule has 0 fully saturated rings. The molecule has 1 atom stereocenters. The van der Waals surface area contributed by atoms with Gasteiger partial charge in [0.2, 0.25) is 5.91 Å². The van der Waals surface area contributed by atoms with Crippen molar-refractivity contribution >= 4 is 46.9 Å². The molecule has 1 unspecified atom stereocenters. The molecule has 18 nitrogen and oxygen atoms in total. The number of rotatable bonds is 35. The molecule has 63 heavy (non-hydrogen) atoms. The average Bonchev–Trinajstić information content (AvgIpc) is 3.23. The molecule has 0 spiro atoms. The lowest BCUT2D eigenvalue weighted by Crippen LogP contribution is -2.29. The topological polar surface area (TPSA) is 253 Å². The molecule has 4 N–H and O–H groups in total. The smallest absolute Gasteiger partial charge is 0.306 e. The Morgan fingerprint density at radius 3 is 1.59 bits per heavy atom. The van der Waals surface area contributed by atoms with Crippen molar-refractivity contribution in [3.05, 3.63) is 70.8 Å². The fourth-order valence-corrected chi connectivity index (χ4v) is 5.59. The minimum Gasteiger partial charge on any atom is -0.481 e. The van der Waals surface area contributed by atoms with E-state index in [9.17, 15) is 43.5 Å². The van der Waals surface area contributed by atoms with Crippen LogP contribution in [0, 0.1) is 5.92 Å². The van der Waals surface area contributed by atoms with Crippen molar-refractivity contribution in [2.75, 3.05) is 86.6 Å². The van der Waals surface area contributed by atoms with E-state index < -0.39 is 23.8 Å². The Bertz CT molecular complexity index is 1720. The van der Waals surface area contributed by atoms with Gasteiger partial charge in [0, 0.05) is 69.7 Å². The number of ketones is 4. The number of Topliss-reactive ketones (excluding diaryl/α,β-unsaturated/α-hetero) is 4. The van der Waals surface area contributed by atoms with E-state index in [1.165, 1.54) is 13.8 Å². The zero-order valence-corrected chi connectivity index (χ0v) is 37.0. The van der Waals surface area contributed by atoms with Crippen molar-refractivity contribution in [2.24, 2.45) is 5.92 Å². The van der Waals surface area contributed by atoms with Gasteiger partial charge in [0.15, 0.2) is 23.1 Å². The first kappa shape index (κ1) is 55.8. The van der Waals surface area contributed by atoms with Gasteiger partial charge in [-0.3, -0.25) is 38.4 Å². The molecule has 350 valence electrons. The maximum absolute atomic E-state index is 12.7. The van der Waals surface area contributed by atoms with Gasteiger partial charge in [-0.1, -0.05) is 48.5 Å². The van der Waals surface area contributed by atoms with Gasteiger partial charge < -0.3 is 49.4 Å². The van der Waals surface area contributed by atoms with Crippen LogP contribution in [0.5, 0.6) is 0 Å². The van der Waals surface area contributed by atoms with Crippen LogP contribution in [0.3, 0.4) is 0 Å². The van der Waals surface area contributed by atoms with E-state index in [1.54, 1.807) is 43.4 Å². The Hall–Kier alpha value is -5.24. The fourth-order valence-electron chi connectivity index (χ4n) is 5.59. The van der Waals surface area contributed by atoms with E-state index in [-0.39, 0.29) is 101 Å². The Kier molecular flexibility index (Phi) is 29.5. The Morgan fingerprint density at radius 2 is 1.10 bits per heavy atom. The van der Waals surface area contributed by atoms with Gasteiger partial charge in [0.05, 0.1) is 51.8 Å². The Labute approximate surface area is 369 Å². The van der Waals surface area contributed by atoms with Crippen LogP contribution in [0.15, 0.2) is 48.5 Å². The van der Waals surface area contributed by atoms with E-state index in [0.29, 0.717) is 70.0 Å². The zero-order valence-electron chi connectivity index (χ0n) is 37.0. The SMILES string of the molecule is CC(=O)COCCOCCCC(=O)COCCOCCNC(=O)CCC(CC(=O)c1ccc(CN(C)CCC(=O)O)cc1)C(=O)O.CC(=O)c1ccc(CN(C)CCC(=O)O)cc1. The number of hydrogen-bond acceptors (Lipinski definition) is 14. The maximum Gasteiger partial charge on any atom is 0.306 e. The predicted molar refractivity (Wildman–Crippen MR) is 231 cm³/mol. The first-order chi connectivity index (χ1) is 30.0. The number of carbonyl (C=O) groups excluding carboxylic acids is 5. The number of hydrogen-bond donors (Lipinski definition) is 4. The molecule has 0 aliphatic heterocycles. The minimum absolute atomic E-state index is 0.00372. The molecule has 2 aromatic rings. The van der Waals surface area contributed by atoms with Gasteiger partial charge in [-0.2, -0.15) is 0 Å². The molecule has 2 rings (SSSR count). The van der Waals surface area contributed by atoms with Crippen LogP contribution in [0.4, 0.5) is 0 Å². The largest absolute Gasteiger partial charge is 0.481 e. The number of nitrogens with zero attached hydrogens (tertiary/aromatic N) is 2. The lowest BCUT2D eigenvalue weighted by Gasteiger charge is -2.16. The summed E-state index contributed by atoms with van der Waals surface area (Å²) >= 11 is 0. The van der Waals surface area contributed by atoms with Gasteiger partial charge in [0.1, 0.15) is 13.2 Å². The molecule has 1 amide bonds. The quantitative estimate of drug-likeness (QED) is 0.0570. The standard InChI is InChI=1S/C32H48N2O12.C13H17NO3/c1-24(35)22-45-18-16-43-14-3-4-28(36)23-46-19-17-44-15-12-33-30(38)10-9-27(32(41)42)20-29(37)26-7-5-25(6-8-26)21-34(2)13-11-31(39)40;1-10(15)12-5-3-11(4-6-12)9-14(2)8-7-13(16)17/h5-8,27H,3-4,9-23H2,1-2H3,(H,33,38)(H,39,40)(H,41,42);3-6H,7-9H2,1-2H3,(H,16,17). The van der Waals surface area contributed by atoms with E-state index in [1.807, 2.05) is 29.0 Å². The van der Waals surface area contributed by atoms with E-state index in [4.69, 9.17) is 29.2 Å². The number of nitrogens with one attached hydrogen (secondary N) is 1. The second-order valence-electron chi connectivity index (χ2n) is 14.9. The van der Waals surface area contributed by atoms with Crippen LogP contribution in [0.2, 0.25) is 0 Å². The molecular weight excluding hydrogens is 823 g/mol. The van der Waals surface area contributed by atoms with Crippen LogP contribution >= 0.6 is 0 Å². The van der Waals surface area contributed by atoms with Gasteiger partial charge in [-0.25, -0.2) is 0 Å². The lowest BCUT2D eigenvalue weighted by atomic mass is 9.93. The number of benzene rings is 2. The van der Waals surface area contributed by atoms with Gasteiger partial charge >= 0.3 is 17.9 Å². The fraction of sp³-hybridized carbons (Fsp3) is 0.556. The van der Waals surface area contributed by atoms with Crippen molar-refractivity contribution in [1.29, 1.82) is 0 Å². The second-order valence-corrected chi connectivity index (χ2v) is 14.9. The highest BCUT2D eigenvalue weighted by molar-refractivity contribution is 5.98. The molecular formula is C45H65N3O15. The van der Waals surface area contributed by atoms with Crippen LogP contribution in [-0.2, 0) is 60.8 Å². The minimum atomic E-state index is -1.15. The Morgan fingerprint density at radius 1 is 0.603 bits per heavy atom. The molecule has 0 radical (unpaired) electrons. The summed E-state index contributed by atoms with van der Waals surface area (Å²) in [4.78, 5) is 95.1. The molecule has 2 aromatic carbocycles. The third-order valence-electron chi connectivity index (χ3n) is 9.08. The van der Waals surface area contributed by atoms with E-state index in [0.717, 1.165) is 11.1 Å². The van der Waals surface area contributed by atoms with Crippen molar-refractivity contribution in [2.45, 2.75) is 71.9 Å². The normalized spacial score (nSPS) is 11.4. The molecule has 0 aromatic heterocycles. The summed E-state index contributed by atoms with van der Waals surface area (Å²) in [6, 6.07) is 14.1. The second kappa shape index (κ2) is 33.3. The third-order valence-corrected chi connectivity index (χ3v) is 9.08. The first-order valence-electron chi connectivity index (χ1n) is 20.8. The van der Waals surface area contributed by atoms with Gasteiger partial charge in [-0.05, 0) is 51.9 Å². The first-order valence-corrected chi connectivity index (χ1v) is 20.8. The number of ether oxygens (including phenoxy) is 4. The maximum atomic E-state index is 12.7. The summed E-state index contributed by atoms with van der Waals surface area (Å²) in [5.74, 6) is -4.58. The van der Waals surface area contributed by atoms with Crippen LogP contribution in [-0.4, -0.2) is 159 Å². The van der Waals surface area contributed by atoms with Crippen molar-refractivity contribution in [1.82, 2.24) is 15.1 Å². The summed E-state index contributed by atoms with van der Waals surface area (Å²) in [6.45, 7) is 7.07. The summed E-state index contributed by atoms with van der Waals surface area (Å²) in [5.41, 5.74) is 3.03. The number of carboxylic acid groups (broad SMARTS) is 3. The molecule has 0 heterocycles. The molecule has 0 saturated heterocycles. The highest BCUT2D eigenvalue weighted by atomic mass is 16.5. The molecule has 18 heteroatoms. The van der Waals surface area contributed by atoms with Crippen LogP contribution in [0.25, 0.3) is 0 Å². The van der Waals surface area contributed by atoms with Crippen molar-refractivity contribution < 1.29 is 72.6 Å². The molecule has 0 bridgehead atoms. The van der Waals surface area contributed by atoms with Gasteiger partial charge in [0.25, 0.3) is 0 Å². The number of carbonyl (C=O) groups is 8. The number of aliphatic carboxylic acids is 3. The summed E-state index contributed by atoms with van der Waals surface area (Å²) in [5, 5.41) is 29.6. The highest BCUT2D eigenvalue weighted by Crippen LogP contribution is 2.17. The highest BCUT2D eigenvalue weighted by Gasteiger charge is 2.23. The van der Waals surface area contributed by atoms with E-state index in [2.05, 4.69) is 5.32 Å². The summed E-state index contributed by atoms with van der Waals surface area (Å²) in [7, 11) is 3.67. The van der Waals surface area contributed by atoms with Gasteiger partial charge in [-0.15, -0.1) is 0 Å². The zero-order chi connectivity index (χ0) is 47.0. The van der Waals surface area contributed by atoms with Crippen LogP contribution < -0.4 is 5.32 Å². The molecule has 0 saturated carbocycles. The summed E-state index contributed by atoms with van der Waals surface area (Å²) < 4.78 is 21.1. The Balaban J connectivity index is 0.000000969. The number of carboxylic acids is 3. The monoisotopic (exact) mass is 887 g/mol. The number of amides is 1. The molecule has 0 aliphatic carbocycles. The van der Waals surface area contributed by atoms with Crippen molar-refractivity contribution in [3.63, 3.8) is 0 Å². The summed E-state index contributed by atoms with van der Waals surface area (Å²) in [6.07, 6.45) is 0.751.